The first-order valence-corrected chi connectivity index (χ1v) is 6.65. The van der Waals surface area contributed by atoms with Gasteiger partial charge in [-0.05, 0) is 6.42 Å². The zero-order valence-corrected chi connectivity index (χ0v) is 10.7. The number of carbonyl (C=O) groups excluding carboxylic acids is 1. The van der Waals surface area contributed by atoms with Crippen LogP contribution in [0.1, 0.15) is 30.3 Å². The Morgan fingerprint density at radius 2 is 2.53 bits per heavy atom. The number of nitrogens with one attached hydrogen (secondary N) is 1. The maximum atomic E-state index is 11.7. The van der Waals surface area contributed by atoms with Gasteiger partial charge in [0.1, 0.15) is 0 Å². The van der Waals surface area contributed by atoms with E-state index in [1.54, 1.807) is 0 Å². The molecule has 1 aliphatic heterocycles. The number of nitrogens with two attached hydrogens (primary N) is 1. The van der Waals surface area contributed by atoms with Gasteiger partial charge in [-0.2, -0.15) is 0 Å². The van der Waals surface area contributed by atoms with E-state index >= 15 is 0 Å². The van der Waals surface area contributed by atoms with E-state index in [2.05, 4.69) is 10.3 Å². The molecule has 1 amide bonds. The lowest BCUT2D eigenvalue weighted by molar-refractivity contribution is -0.117. The van der Waals surface area contributed by atoms with Gasteiger partial charge < -0.3 is 15.8 Å². The number of anilines is 1. The van der Waals surface area contributed by atoms with Crippen molar-refractivity contribution in [2.24, 2.45) is 5.73 Å². The van der Waals surface area contributed by atoms with Crippen LogP contribution in [-0.4, -0.2) is 23.5 Å². The molecule has 2 rings (SSSR count). The molecule has 17 heavy (non-hydrogen) atoms. The lowest BCUT2D eigenvalue weighted by atomic mass is 10.2. The molecule has 6 heteroatoms. The number of amides is 1. The predicted octanol–water partition coefficient (Wildman–Crippen LogP) is 1.28. The fraction of sp³-hybridized carbons (Fsp3) is 0.636. The number of hydrogen-bond donors (Lipinski definition) is 2. The molecule has 2 heterocycles. The summed E-state index contributed by atoms with van der Waals surface area (Å²) in [4.78, 5) is 17.2. The molecule has 0 spiro atoms. The normalized spacial score (nSPS) is 16.4. The Bertz CT molecular complexity index is 382. The summed E-state index contributed by atoms with van der Waals surface area (Å²) in [5.74, 6) is -0.154. The van der Waals surface area contributed by atoms with Gasteiger partial charge in [-0.25, -0.2) is 4.98 Å². The van der Waals surface area contributed by atoms with Crippen LogP contribution in [0.25, 0.3) is 0 Å². The van der Waals surface area contributed by atoms with Crippen LogP contribution in [0, 0.1) is 0 Å². The highest BCUT2D eigenvalue weighted by atomic mass is 32.1. The molecule has 0 fully saturated rings. The van der Waals surface area contributed by atoms with Crippen LogP contribution in [-0.2, 0) is 22.6 Å². The molecule has 0 saturated heterocycles. The number of ether oxygens (including phenoxy) is 1. The lowest BCUT2D eigenvalue weighted by Gasteiger charge is -2.08. The van der Waals surface area contributed by atoms with E-state index in [0.29, 0.717) is 24.8 Å². The molecule has 0 aromatic carbocycles. The minimum atomic E-state index is -0.447. The third-order valence-electron chi connectivity index (χ3n) is 2.66. The van der Waals surface area contributed by atoms with E-state index in [0.717, 1.165) is 23.4 Å². The summed E-state index contributed by atoms with van der Waals surface area (Å²) in [5.41, 5.74) is 6.78. The van der Waals surface area contributed by atoms with Crippen molar-refractivity contribution in [1.29, 1.82) is 0 Å². The molecular weight excluding hydrogens is 238 g/mol. The van der Waals surface area contributed by atoms with E-state index in [1.165, 1.54) is 11.3 Å². The minimum Gasteiger partial charge on any atom is -0.375 e. The lowest BCUT2D eigenvalue weighted by Crippen LogP contribution is -2.35. The topological polar surface area (TPSA) is 77.2 Å². The van der Waals surface area contributed by atoms with Crippen molar-refractivity contribution in [2.45, 2.75) is 38.8 Å². The number of thiazole rings is 1. The molecule has 1 aromatic rings. The monoisotopic (exact) mass is 255 g/mol. The predicted molar refractivity (Wildman–Crippen MR) is 67.0 cm³/mol. The van der Waals surface area contributed by atoms with Gasteiger partial charge in [0.2, 0.25) is 5.91 Å². The Balaban J connectivity index is 1.99. The van der Waals surface area contributed by atoms with Crippen LogP contribution in [0.2, 0.25) is 0 Å². The summed E-state index contributed by atoms with van der Waals surface area (Å²) in [6, 6.07) is -0.447. The van der Waals surface area contributed by atoms with E-state index in [9.17, 15) is 4.79 Å². The second-order valence-corrected chi connectivity index (χ2v) is 5.16. The highest BCUT2D eigenvalue weighted by molar-refractivity contribution is 7.15. The molecular formula is C11H17N3O2S. The number of carbonyl (C=O) groups is 1. The highest BCUT2D eigenvalue weighted by Crippen LogP contribution is 2.27. The van der Waals surface area contributed by atoms with Gasteiger partial charge in [-0.1, -0.05) is 24.7 Å². The summed E-state index contributed by atoms with van der Waals surface area (Å²) in [5, 5.41) is 3.41. The van der Waals surface area contributed by atoms with E-state index in [1.807, 2.05) is 6.92 Å². The third kappa shape index (κ3) is 3.02. The fourth-order valence-corrected chi connectivity index (χ4v) is 2.67. The second-order valence-electron chi connectivity index (χ2n) is 4.08. The van der Waals surface area contributed by atoms with Gasteiger partial charge in [0.05, 0.1) is 29.8 Å². The number of fused-ring (bicyclic) bond motifs is 1. The van der Waals surface area contributed by atoms with Crippen LogP contribution in [0.4, 0.5) is 5.13 Å². The number of nitrogens with zero attached hydrogens (tertiary/aromatic N) is 1. The Morgan fingerprint density at radius 3 is 3.24 bits per heavy atom. The van der Waals surface area contributed by atoms with Gasteiger partial charge in [0.15, 0.2) is 5.13 Å². The summed E-state index contributed by atoms with van der Waals surface area (Å²) >= 11 is 1.48. The zero-order valence-electron chi connectivity index (χ0n) is 9.86. The molecule has 94 valence electrons. The van der Waals surface area contributed by atoms with Crippen LogP contribution >= 0.6 is 11.3 Å². The maximum absolute atomic E-state index is 11.7. The van der Waals surface area contributed by atoms with Crippen LogP contribution < -0.4 is 11.1 Å². The van der Waals surface area contributed by atoms with Gasteiger partial charge >= 0.3 is 0 Å². The Morgan fingerprint density at radius 1 is 1.71 bits per heavy atom. The molecule has 1 aromatic heterocycles. The van der Waals surface area contributed by atoms with Crippen LogP contribution in [0.15, 0.2) is 0 Å². The Hall–Kier alpha value is -0.980. The van der Waals surface area contributed by atoms with E-state index in [-0.39, 0.29) is 5.91 Å². The SMILES string of the molecule is CCCC(N)C(=O)Nc1nc2c(s1)COCC2. The standard InChI is InChI=1S/C11H17N3O2S/c1-2-3-7(12)10(15)14-11-13-8-4-5-16-6-9(8)17-11/h7H,2-6,12H2,1H3,(H,13,14,15). The van der Waals surface area contributed by atoms with Crippen molar-refractivity contribution in [1.82, 2.24) is 4.98 Å². The first-order valence-electron chi connectivity index (χ1n) is 5.83. The molecule has 0 bridgehead atoms. The van der Waals surface area contributed by atoms with E-state index < -0.39 is 6.04 Å². The second kappa shape index (κ2) is 5.57. The summed E-state index contributed by atoms with van der Waals surface area (Å²) < 4.78 is 5.33. The van der Waals surface area contributed by atoms with Crippen molar-refractivity contribution in [3.63, 3.8) is 0 Å². The summed E-state index contributed by atoms with van der Waals surface area (Å²) in [6.45, 7) is 3.32. The molecule has 5 nitrogen and oxygen atoms in total. The maximum Gasteiger partial charge on any atom is 0.243 e. The quantitative estimate of drug-likeness (QED) is 0.849. The highest BCUT2D eigenvalue weighted by Gasteiger charge is 2.18. The van der Waals surface area contributed by atoms with Gasteiger partial charge in [-0.15, -0.1) is 0 Å². The largest absolute Gasteiger partial charge is 0.375 e. The van der Waals surface area contributed by atoms with Crippen molar-refractivity contribution in [3.05, 3.63) is 10.6 Å². The van der Waals surface area contributed by atoms with Crippen LogP contribution in [0.5, 0.6) is 0 Å². The van der Waals surface area contributed by atoms with Gasteiger partial charge in [-0.3, -0.25) is 4.79 Å². The Kier molecular flexibility index (Phi) is 4.09. The molecule has 0 aliphatic carbocycles. The first-order chi connectivity index (χ1) is 8.20. The van der Waals surface area contributed by atoms with E-state index in [4.69, 9.17) is 10.5 Å². The molecule has 1 unspecified atom stereocenters. The number of rotatable bonds is 4. The van der Waals surface area contributed by atoms with Crippen molar-refractivity contribution in [3.8, 4) is 0 Å². The number of hydrogen-bond acceptors (Lipinski definition) is 5. The van der Waals surface area contributed by atoms with Crippen molar-refractivity contribution < 1.29 is 9.53 Å². The average Bonchev–Trinajstić information content (AvgIpc) is 2.71. The summed E-state index contributed by atoms with van der Waals surface area (Å²) in [6.07, 6.45) is 2.42. The van der Waals surface area contributed by atoms with Crippen molar-refractivity contribution in [2.75, 3.05) is 11.9 Å². The smallest absolute Gasteiger partial charge is 0.243 e. The number of aromatic nitrogens is 1. The third-order valence-corrected chi connectivity index (χ3v) is 3.65. The van der Waals surface area contributed by atoms with Crippen molar-refractivity contribution >= 4 is 22.4 Å². The van der Waals surface area contributed by atoms with Crippen LogP contribution in [0.3, 0.4) is 0 Å². The molecule has 0 radical (unpaired) electrons. The molecule has 0 saturated carbocycles. The minimum absolute atomic E-state index is 0.154. The van der Waals surface area contributed by atoms with Gasteiger partial charge in [0, 0.05) is 6.42 Å². The molecule has 1 aliphatic rings. The summed E-state index contributed by atoms with van der Waals surface area (Å²) in [7, 11) is 0. The van der Waals surface area contributed by atoms with Gasteiger partial charge in [0.25, 0.3) is 0 Å². The average molecular weight is 255 g/mol. The zero-order chi connectivity index (χ0) is 12.3. The molecule has 3 N–H and O–H groups in total. The first kappa shape index (κ1) is 12.5. The Labute approximate surface area is 104 Å². The fourth-order valence-electron chi connectivity index (χ4n) is 1.72. The molecule has 1 atom stereocenters.